The number of ether oxygens (including phenoxy) is 1. The summed E-state index contributed by atoms with van der Waals surface area (Å²) in [5.41, 5.74) is 0. The van der Waals surface area contributed by atoms with E-state index in [2.05, 4.69) is 12.2 Å². The third-order valence-electron chi connectivity index (χ3n) is 3.48. The molecule has 0 saturated carbocycles. The molecular formula is C17H33NO3. The lowest BCUT2D eigenvalue weighted by molar-refractivity contribution is -0.147. The molecule has 0 aromatic carbocycles. The SMILES string of the molecule is CCCCCCCCCOC(=O)[C@H](C)NC(=O)CCCC. The summed E-state index contributed by atoms with van der Waals surface area (Å²) in [4.78, 5) is 23.2. The summed E-state index contributed by atoms with van der Waals surface area (Å²) in [6.45, 7) is 6.38. The standard InChI is InChI=1S/C17H33NO3/c1-4-6-8-9-10-11-12-14-21-17(20)15(3)18-16(19)13-7-5-2/h15H,4-14H2,1-3H3,(H,18,19)/t15-/m0/s1. The van der Waals surface area contributed by atoms with E-state index in [1.807, 2.05) is 6.92 Å². The second-order valence-electron chi connectivity index (χ2n) is 5.68. The van der Waals surface area contributed by atoms with Crippen molar-refractivity contribution in [2.24, 2.45) is 0 Å². The van der Waals surface area contributed by atoms with E-state index in [1.165, 1.54) is 32.1 Å². The molecule has 0 spiro atoms. The topological polar surface area (TPSA) is 55.4 Å². The first-order valence-corrected chi connectivity index (χ1v) is 8.57. The predicted molar refractivity (Wildman–Crippen MR) is 86.1 cm³/mol. The fraction of sp³-hybridized carbons (Fsp3) is 0.882. The Kier molecular flexibility index (Phi) is 13.2. The van der Waals surface area contributed by atoms with Crippen LogP contribution in [0.25, 0.3) is 0 Å². The summed E-state index contributed by atoms with van der Waals surface area (Å²) < 4.78 is 5.18. The molecule has 0 aromatic rings. The Balaban J connectivity index is 3.53. The molecule has 1 amide bonds. The van der Waals surface area contributed by atoms with Crippen molar-refractivity contribution in [2.45, 2.75) is 91.0 Å². The van der Waals surface area contributed by atoms with E-state index < -0.39 is 6.04 Å². The van der Waals surface area contributed by atoms with Crippen LogP contribution >= 0.6 is 0 Å². The van der Waals surface area contributed by atoms with Gasteiger partial charge in [-0.2, -0.15) is 0 Å². The molecule has 0 aromatic heterocycles. The summed E-state index contributed by atoms with van der Waals surface area (Å²) in [5.74, 6) is -0.400. The first-order chi connectivity index (χ1) is 10.1. The highest BCUT2D eigenvalue weighted by atomic mass is 16.5. The Hall–Kier alpha value is -1.06. The van der Waals surface area contributed by atoms with Crippen LogP contribution in [0, 0.1) is 0 Å². The van der Waals surface area contributed by atoms with Crippen molar-refractivity contribution in [3.63, 3.8) is 0 Å². The van der Waals surface area contributed by atoms with Crippen molar-refractivity contribution in [3.8, 4) is 0 Å². The summed E-state index contributed by atoms with van der Waals surface area (Å²) >= 11 is 0. The molecule has 1 atom stereocenters. The molecule has 0 fully saturated rings. The first kappa shape index (κ1) is 19.9. The fourth-order valence-corrected chi connectivity index (χ4v) is 2.07. The molecule has 0 aliphatic heterocycles. The average molecular weight is 299 g/mol. The highest BCUT2D eigenvalue weighted by molar-refractivity contribution is 5.84. The molecule has 0 unspecified atom stereocenters. The summed E-state index contributed by atoms with van der Waals surface area (Å²) in [6, 6.07) is -0.543. The van der Waals surface area contributed by atoms with Gasteiger partial charge in [0.2, 0.25) is 5.91 Å². The van der Waals surface area contributed by atoms with Gasteiger partial charge in [-0.1, -0.05) is 58.8 Å². The van der Waals surface area contributed by atoms with Crippen molar-refractivity contribution in [1.82, 2.24) is 5.32 Å². The monoisotopic (exact) mass is 299 g/mol. The lowest BCUT2D eigenvalue weighted by atomic mass is 10.1. The van der Waals surface area contributed by atoms with Gasteiger partial charge in [0.15, 0.2) is 0 Å². The fourth-order valence-electron chi connectivity index (χ4n) is 2.07. The van der Waals surface area contributed by atoms with Gasteiger partial charge in [0.25, 0.3) is 0 Å². The number of hydrogen-bond acceptors (Lipinski definition) is 3. The van der Waals surface area contributed by atoms with Crippen molar-refractivity contribution in [3.05, 3.63) is 0 Å². The molecule has 1 N–H and O–H groups in total. The van der Waals surface area contributed by atoms with Gasteiger partial charge in [-0.15, -0.1) is 0 Å². The van der Waals surface area contributed by atoms with Crippen molar-refractivity contribution in [2.75, 3.05) is 6.61 Å². The highest BCUT2D eigenvalue weighted by Gasteiger charge is 2.16. The van der Waals surface area contributed by atoms with Crippen LogP contribution in [0.1, 0.15) is 85.0 Å². The zero-order chi connectivity index (χ0) is 15.9. The summed E-state index contributed by atoms with van der Waals surface area (Å²) in [7, 11) is 0. The number of esters is 1. The highest BCUT2D eigenvalue weighted by Crippen LogP contribution is 2.07. The molecule has 0 heterocycles. The first-order valence-electron chi connectivity index (χ1n) is 8.57. The molecule has 124 valence electrons. The molecule has 0 bridgehead atoms. The van der Waals surface area contributed by atoms with Crippen LogP contribution in [0.3, 0.4) is 0 Å². The number of rotatable bonds is 13. The number of unbranched alkanes of at least 4 members (excludes halogenated alkanes) is 7. The van der Waals surface area contributed by atoms with E-state index in [0.717, 1.165) is 25.7 Å². The maximum Gasteiger partial charge on any atom is 0.328 e. The molecule has 0 aliphatic rings. The van der Waals surface area contributed by atoms with Crippen LogP contribution in [0.4, 0.5) is 0 Å². The smallest absolute Gasteiger partial charge is 0.328 e. The van der Waals surface area contributed by atoms with Gasteiger partial charge in [0.05, 0.1) is 6.61 Å². The maximum absolute atomic E-state index is 11.7. The largest absolute Gasteiger partial charge is 0.464 e. The lowest BCUT2D eigenvalue weighted by Gasteiger charge is -2.13. The van der Waals surface area contributed by atoms with Crippen LogP contribution in [0.5, 0.6) is 0 Å². The molecule has 4 nitrogen and oxygen atoms in total. The second-order valence-corrected chi connectivity index (χ2v) is 5.68. The Morgan fingerprint density at radius 2 is 1.48 bits per heavy atom. The van der Waals surface area contributed by atoms with Gasteiger partial charge in [-0.25, -0.2) is 4.79 Å². The van der Waals surface area contributed by atoms with E-state index in [-0.39, 0.29) is 11.9 Å². The normalized spacial score (nSPS) is 12.0. The minimum atomic E-state index is -0.543. The Bertz CT molecular complexity index is 279. The van der Waals surface area contributed by atoms with Gasteiger partial charge in [0.1, 0.15) is 6.04 Å². The van der Waals surface area contributed by atoms with Gasteiger partial charge >= 0.3 is 5.97 Å². The van der Waals surface area contributed by atoms with Gasteiger partial charge < -0.3 is 10.1 Å². The molecular weight excluding hydrogens is 266 g/mol. The van der Waals surface area contributed by atoms with Crippen molar-refractivity contribution in [1.29, 1.82) is 0 Å². The van der Waals surface area contributed by atoms with Crippen LogP contribution in [0.2, 0.25) is 0 Å². The van der Waals surface area contributed by atoms with E-state index in [4.69, 9.17) is 4.74 Å². The van der Waals surface area contributed by atoms with Crippen LogP contribution in [0.15, 0.2) is 0 Å². The van der Waals surface area contributed by atoms with Crippen molar-refractivity contribution < 1.29 is 14.3 Å². The van der Waals surface area contributed by atoms with Crippen LogP contribution < -0.4 is 5.32 Å². The van der Waals surface area contributed by atoms with Gasteiger partial charge in [0, 0.05) is 6.42 Å². The number of carbonyl (C=O) groups excluding carboxylic acids is 2. The zero-order valence-corrected chi connectivity index (χ0v) is 14.1. The minimum Gasteiger partial charge on any atom is -0.464 e. The van der Waals surface area contributed by atoms with Crippen LogP contribution in [-0.4, -0.2) is 24.5 Å². The molecule has 0 radical (unpaired) electrons. The van der Waals surface area contributed by atoms with Crippen molar-refractivity contribution >= 4 is 11.9 Å². The van der Waals surface area contributed by atoms with E-state index >= 15 is 0 Å². The second kappa shape index (κ2) is 13.9. The molecule has 0 aliphatic carbocycles. The number of carbonyl (C=O) groups is 2. The third kappa shape index (κ3) is 12.4. The summed E-state index contributed by atoms with van der Waals surface area (Å²) in [5, 5.41) is 2.68. The third-order valence-corrected chi connectivity index (χ3v) is 3.48. The quantitative estimate of drug-likeness (QED) is 0.413. The molecule has 21 heavy (non-hydrogen) atoms. The van der Waals surface area contributed by atoms with E-state index in [9.17, 15) is 9.59 Å². The minimum absolute atomic E-state index is 0.0720. The number of nitrogens with one attached hydrogen (secondary N) is 1. The summed E-state index contributed by atoms with van der Waals surface area (Å²) in [6.07, 6.45) is 10.7. The lowest BCUT2D eigenvalue weighted by Crippen LogP contribution is -2.39. The van der Waals surface area contributed by atoms with E-state index in [1.54, 1.807) is 6.92 Å². The Labute approximate surface area is 130 Å². The number of amides is 1. The number of hydrogen-bond donors (Lipinski definition) is 1. The molecule has 0 saturated heterocycles. The van der Waals surface area contributed by atoms with E-state index in [0.29, 0.717) is 13.0 Å². The zero-order valence-electron chi connectivity index (χ0n) is 14.1. The molecule has 0 rings (SSSR count). The van der Waals surface area contributed by atoms with Crippen LogP contribution in [-0.2, 0) is 14.3 Å². The average Bonchev–Trinajstić information content (AvgIpc) is 2.47. The Morgan fingerprint density at radius 3 is 2.10 bits per heavy atom. The predicted octanol–water partition coefficient (Wildman–Crippen LogP) is 3.98. The Morgan fingerprint density at radius 1 is 0.905 bits per heavy atom. The molecule has 4 heteroatoms. The maximum atomic E-state index is 11.7. The van der Waals surface area contributed by atoms with Gasteiger partial charge in [-0.05, 0) is 19.8 Å². The van der Waals surface area contributed by atoms with Gasteiger partial charge in [-0.3, -0.25) is 4.79 Å².